The Labute approximate surface area is 320 Å². The highest BCUT2D eigenvalue weighted by Gasteiger charge is 2.32. The molecule has 9 nitrogen and oxygen atoms in total. The average Bonchev–Trinajstić information content (AvgIpc) is 3.02. The van der Waals surface area contributed by atoms with Crippen LogP contribution in [0, 0.1) is 41.5 Å². The molecule has 0 unspecified atom stereocenters. The quantitative estimate of drug-likeness (QED) is 0.0651. The van der Waals surface area contributed by atoms with E-state index in [1.807, 2.05) is 20.8 Å². The van der Waals surface area contributed by atoms with Crippen LogP contribution in [0.3, 0.4) is 0 Å². The molecule has 0 atom stereocenters. The van der Waals surface area contributed by atoms with Crippen molar-refractivity contribution in [1.82, 2.24) is 0 Å². The Balaban J connectivity index is 1.71. The van der Waals surface area contributed by atoms with E-state index < -0.39 is 30.2 Å². The fourth-order valence-electron chi connectivity index (χ4n) is 6.75. The molecule has 270 valence electrons. The van der Waals surface area contributed by atoms with Crippen molar-refractivity contribution in [2.75, 3.05) is 5.32 Å². The third kappa shape index (κ3) is 6.81. The zero-order valence-corrected chi connectivity index (χ0v) is 33.1. The second kappa shape index (κ2) is 13.6. The van der Waals surface area contributed by atoms with Crippen LogP contribution in [0.4, 0.5) is 17.1 Å². The van der Waals surface area contributed by atoms with Crippen molar-refractivity contribution in [3.63, 3.8) is 0 Å². The lowest BCUT2D eigenvalue weighted by atomic mass is 9.93. The predicted octanol–water partition coefficient (Wildman–Crippen LogP) is 11.1. The molecule has 4 aromatic rings. The van der Waals surface area contributed by atoms with Crippen molar-refractivity contribution >= 4 is 94.7 Å². The molecular formula is C37H30Cl4N2O7S2. The van der Waals surface area contributed by atoms with Gasteiger partial charge in [-0.3, -0.25) is 9.11 Å². The van der Waals surface area contributed by atoms with Gasteiger partial charge in [0.2, 0.25) is 0 Å². The number of fused-ring (bicyclic) bond motifs is 2. The van der Waals surface area contributed by atoms with Gasteiger partial charge in [0.1, 0.15) is 21.1 Å². The minimum atomic E-state index is -5.04. The second-order valence-electron chi connectivity index (χ2n) is 12.6. The van der Waals surface area contributed by atoms with Crippen LogP contribution in [-0.4, -0.2) is 25.9 Å². The average molecular weight is 821 g/mol. The third-order valence-electron chi connectivity index (χ3n) is 8.74. The number of rotatable bonds is 6. The zero-order valence-electron chi connectivity index (χ0n) is 28.4. The van der Waals surface area contributed by atoms with Crippen LogP contribution in [-0.2, 0) is 20.2 Å². The fourth-order valence-corrected chi connectivity index (χ4v) is 9.84. The van der Waals surface area contributed by atoms with E-state index >= 15 is 0 Å². The number of aryl methyl sites for hydroxylation is 5. The lowest BCUT2D eigenvalue weighted by Crippen LogP contribution is -2.08. The van der Waals surface area contributed by atoms with Crippen LogP contribution < -0.4 is 10.7 Å². The molecule has 0 fully saturated rings. The van der Waals surface area contributed by atoms with Crippen molar-refractivity contribution in [1.29, 1.82) is 0 Å². The molecule has 0 saturated carbocycles. The minimum absolute atomic E-state index is 0.201. The highest BCUT2D eigenvalue weighted by atomic mass is 35.5. The van der Waals surface area contributed by atoms with Crippen LogP contribution in [0.5, 0.6) is 0 Å². The maximum atomic E-state index is 12.9. The van der Waals surface area contributed by atoms with E-state index in [2.05, 4.69) is 17.4 Å². The van der Waals surface area contributed by atoms with Gasteiger partial charge < -0.3 is 9.73 Å². The molecule has 0 aromatic heterocycles. The molecule has 0 spiro atoms. The summed E-state index contributed by atoms with van der Waals surface area (Å²) in [4.78, 5) is 3.75. The van der Waals surface area contributed by atoms with E-state index in [4.69, 9.17) is 55.8 Å². The number of hydrogen-bond donors (Lipinski definition) is 3. The number of halogens is 4. The Hall–Kier alpha value is -3.65. The van der Waals surface area contributed by atoms with E-state index in [0.29, 0.717) is 38.8 Å². The zero-order chi connectivity index (χ0) is 38.2. The summed E-state index contributed by atoms with van der Waals surface area (Å²) >= 11 is 26.0. The van der Waals surface area contributed by atoms with Gasteiger partial charge in [0, 0.05) is 45.6 Å². The van der Waals surface area contributed by atoms with E-state index in [9.17, 15) is 25.9 Å². The topological polar surface area (TPSA) is 146 Å². The van der Waals surface area contributed by atoms with Crippen LogP contribution in [0.25, 0.3) is 33.4 Å². The van der Waals surface area contributed by atoms with Crippen molar-refractivity contribution in [3.8, 4) is 22.5 Å². The first kappa shape index (κ1) is 38.1. The standard InChI is InChI=1S/C37H30Cl4N2O7S2/c1-16-11-17(2)34(18(3)12-16)42-22-7-9-24-26(14-22)50-27-15-23(43-35-19(4)13-20(5)36(21(35)6)51(44,45)46)8-10-25(27)28(24)29-30(38)31(39)32(40)33(41)37(29)52(47,48)49/h7-15,42H,1-6H3,(H,44,45,46)(H,47,48,49)/b43-23+. The number of hydrogen-bond acceptors (Lipinski definition) is 7. The summed E-state index contributed by atoms with van der Waals surface area (Å²) in [5.41, 5.74) is 6.94. The maximum Gasteiger partial charge on any atom is 0.296 e. The molecule has 15 heteroatoms. The Morgan fingerprint density at radius 3 is 1.88 bits per heavy atom. The molecule has 52 heavy (non-hydrogen) atoms. The largest absolute Gasteiger partial charge is 0.456 e. The minimum Gasteiger partial charge on any atom is -0.456 e. The molecule has 1 aliphatic heterocycles. The second-order valence-corrected chi connectivity index (χ2v) is 16.8. The lowest BCUT2D eigenvalue weighted by Gasteiger charge is -2.21. The third-order valence-corrected chi connectivity index (χ3v) is 12.7. The van der Waals surface area contributed by atoms with Gasteiger partial charge in [0.15, 0.2) is 0 Å². The molecule has 2 aliphatic rings. The SMILES string of the molecule is Cc1cc(C)c(Nc2ccc3c(-c4c(Cl)c(Cl)c(Cl)c(Cl)c4S(=O)(=O)O)c4cc/c(=N\c5c(C)cc(C)c(S(=O)(=O)O)c5C)cc-4oc3c2)c(C)c1. The van der Waals surface area contributed by atoms with Crippen molar-refractivity contribution in [2.45, 2.75) is 51.3 Å². The number of nitrogens with zero attached hydrogens (tertiary/aromatic N) is 1. The van der Waals surface area contributed by atoms with Crippen LogP contribution in [0.15, 0.2) is 73.8 Å². The first-order valence-electron chi connectivity index (χ1n) is 15.5. The molecule has 0 amide bonds. The van der Waals surface area contributed by atoms with Gasteiger partial charge in [-0.1, -0.05) is 70.2 Å². The summed E-state index contributed by atoms with van der Waals surface area (Å²) in [6.07, 6.45) is 0. The van der Waals surface area contributed by atoms with Crippen LogP contribution in [0.1, 0.15) is 33.4 Å². The van der Waals surface area contributed by atoms with Gasteiger partial charge in [-0.05, 0) is 93.6 Å². The van der Waals surface area contributed by atoms with Gasteiger partial charge in [-0.15, -0.1) is 0 Å². The summed E-state index contributed by atoms with van der Waals surface area (Å²) < 4.78 is 77.2. The van der Waals surface area contributed by atoms with E-state index in [1.54, 1.807) is 63.2 Å². The summed E-state index contributed by atoms with van der Waals surface area (Å²) in [6, 6.07) is 15.8. The number of nitrogens with one attached hydrogen (secondary N) is 1. The van der Waals surface area contributed by atoms with Crippen LogP contribution >= 0.6 is 46.4 Å². The van der Waals surface area contributed by atoms with Gasteiger partial charge in [0.25, 0.3) is 20.2 Å². The summed E-state index contributed by atoms with van der Waals surface area (Å²) in [6.45, 7) is 10.9. The predicted molar refractivity (Wildman–Crippen MR) is 208 cm³/mol. The van der Waals surface area contributed by atoms with Crippen LogP contribution in [0.2, 0.25) is 20.1 Å². The Kier molecular flexibility index (Phi) is 9.99. The summed E-state index contributed by atoms with van der Waals surface area (Å²) in [5.74, 6) is 0.209. The van der Waals surface area contributed by atoms with Gasteiger partial charge in [0.05, 0.1) is 31.1 Å². The normalized spacial score (nSPS) is 12.7. The first-order valence-corrected chi connectivity index (χ1v) is 19.9. The molecule has 0 radical (unpaired) electrons. The Bertz CT molecular complexity index is 2760. The summed E-state index contributed by atoms with van der Waals surface area (Å²) in [7, 11) is -9.60. The molecule has 3 N–H and O–H groups in total. The molecule has 6 rings (SSSR count). The molecule has 1 heterocycles. The van der Waals surface area contributed by atoms with Gasteiger partial charge >= 0.3 is 0 Å². The monoisotopic (exact) mass is 818 g/mol. The smallest absolute Gasteiger partial charge is 0.296 e. The highest BCUT2D eigenvalue weighted by Crippen LogP contribution is 2.52. The van der Waals surface area contributed by atoms with E-state index in [0.717, 1.165) is 22.4 Å². The van der Waals surface area contributed by atoms with Crippen molar-refractivity contribution < 1.29 is 30.4 Å². The fraction of sp³-hybridized carbons (Fsp3) is 0.162. The maximum absolute atomic E-state index is 12.9. The Morgan fingerprint density at radius 1 is 0.654 bits per heavy atom. The Morgan fingerprint density at radius 2 is 1.27 bits per heavy atom. The van der Waals surface area contributed by atoms with Gasteiger partial charge in [-0.2, -0.15) is 16.8 Å². The van der Waals surface area contributed by atoms with Gasteiger partial charge in [-0.25, -0.2) is 4.99 Å². The first-order chi connectivity index (χ1) is 24.2. The number of benzene rings is 5. The molecular weight excluding hydrogens is 790 g/mol. The molecule has 0 bridgehead atoms. The molecule has 4 aromatic carbocycles. The molecule has 0 saturated heterocycles. The van der Waals surface area contributed by atoms with E-state index in [1.165, 1.54) is 0 Å². The molecule has 1 aliphatic carbocycles. The van der Waals surface area contributed by atoms with E-state index in [-0.39, 0.29) is 48.0 Å². The van der Waals surface area contributed by atoms with Crippen molar-refractivity contribution in [2.24, 2.45) is 4.99 Å². The summed E-state index contributed by atoms with van der Waals surface area (Å²) in [5, 5.41) is 2.80. The highest BCUT2D eigenvalue weighted by molar-refractivity contribution is 7.86. The van der Waals surface area contributed by atoms with Crippen molar-refractivity contribution in [3.05, 3.63) is 113 Å². The number of anilines is 2. The lowest BCUT2D eigenvalue weighted by molar-refractivity contribution is 0.480.